The lowest BCUT2D eigenvalue weighted by atomic mass is 10.1. The van der Waals surface area contributed by atoms with E-state index in [0.29, 0.717) is 5.82 Å². The van der Waals surface area contributed by atoms with Crippen LogP contribution in [0.15, 0.2) is 22.7 Å². The maximum absolute atomic E-state index is 13.9. The van der Waals surface area contributed by atoms with Crippen LogP contribution in [0.3, 0.4) is 0 Å². The highest BCUT2D eigenvalue weighted by atomic mass is 35.5. The fourth-order valence-electron chi connectivity index (χ4n) is 2.54. The van der Waals surface area contributed by atoms with Crippen molar-refractivity contribution in [1.29, 1.82) is 0 Å². The van der Waals surface area contributed by atoms with Gasteiger partial charge in [-0.1, -0.05) is 16.8 Å². The van der Waals surface area contributed by atoms with Gasteiger partial charge in [-0.25, -0.2) is 4.39 Å². The number of nitrogens with zero attached hydrogens (tertiary/aromatic N) is 3. The van der Waals surface area contributed by atoms with Crippen LogP contribution < -0.4 is 0 Å². The molecule has 22 heavy (non-hydrogen) atoms. The second-order valence-corrected chi connectivity index (χ2v) is 5.60. The van der Waals surface area contributed by atoms with Crippen LogP contribution in [0.1, 0.15) is 34.5 Å². The molecule has 0 spiro atoms. The van der Waals surface area contributed by atoms with Gasteiger partial charge in [0.25, 0.3) is 5.91 Å². The minimum absolute atomic E-state index is 0.0664. The molecule has 1 fully saturated rings. The third-order valence-electron chi connectivity index (χ3n) is 3.53. The molecule has 2 atom stereocenters. The molecule has 8 heteroatoms. The predicted molar refractivity (Wildman–Crippen MR) is 74.8 cm³/mol. The first kappa shape index (κ1) is 14.9. The summed E-state index contributed by atoms with van der Waals surface area (Å²) >= 11 is 5.83. The molecule has 0 aliphatic carbocycles. The van der Waals surface area contributed by atoms with E-state index >= 15 is 0 Å². The van der Waals surface area contributed by atoms with Crippen LogP contribution in [-0.2, 0) is 0 Å². The van der Waals surface area contributed by atoms with Crippen LogP contribution in [0.5, 0.6) is 0 Å². The first-order valence-electron chi connectivity index (χ1n) is 6.70. The Morgan fingerprint density at radius 2 is 2.32 bits per heavy atom. The Labute approximate surface area is 130 Å². The highest BCUT2D eigenvalue weighted by Crippen LogP contribution is 2.33. The Balaban J connectivity index is 1.94. The van der Waals surface area contributed by atoms with E-state index in [2.05, 4.69) is 10.1 Å². The number of β-amino-alcohol motifs (C(OH)–C–C–N with tert-alkyl or cyclic N) is 1. The van der Waals surface area contributed by atoms with Gasteiger partial charge in [0.1, 0.15) is 11.9 Å². The second kappa shape index (κ2) is 5.66. The topological polar surface area (TPSA) is 79.5 Å². The molecule has 0 saturated carbocycles. The molecule has 1 aromatic heterocycles. The number of benzene rings is 1. The summed E-state index contributed by atoms with van der Waals surface area (Å²) in [4.78, 5) is 18.0. The number of aromatic nitrogens is 2. The van der Waals surface area contributed by atoms with Crippen LogP contribution in [0.2, 0.25) is 5.02 Å². The van der Waals surface area contributed by atoms with Crippen molar-refractivity contribution in [3.63, 3.8) is 0 Å². The van der Waals surface area contributed by atoms with E-state index < -0.39 is 23.9 Å². The van der Waals surface area contributed by atoms with E-state index in [1.807, 2.05) is 0 Å². The van der Waals surface area contributed by atoms with Crippen LogP contribution >= 0.6 is 11.6 Å². The van der Waals surface area contributed by atoms with E-state index in [1.165, 1.54) is 17.0 Å². The number of halogens is 2. The number of carbonyl (C=O) groups excluding carboxylic acids is 1. The Bertz CT molecular complexity index is 721. The zero-order chi connectivity index (χ0) is 15.9. The molecule has 0 bridgehead atoms. The summed E-state index contributed by atoms with van der Waals surface area (Å²) in [5.74, 6) is -0.587. The molecule has 0 radical (unpaired) electrons. The largest absolute Gasteiger partial charge is 0.391 e. The van der Waals surface area contributed by atoms with Crippen molar-refractivity contribution in [2.75, 3.05) is 6.54 Å². The van der Waals surface area contributed by atoms with Crippen molar-refractivity contribution in [3.8, 4) is 0 Å². The Morgan fingerprint density at radius 3 is 3.00 bits per heavy atom. The standard InChI is InChI=1S/C14H13ClFN3O3/c1-7-17-13(22-18-7)12-5-9(20)6-19(12)14(21)10-4-8(15)2-3-11(10)16/h2-4,9,12,20H,5-6H2,1H3/t9-,12-/m1/s1. The average Bonchev–Trinajstić information content (AvgIpc) is 3.06. The monoisotopic (exact) mass is 325 g/mol. The SMILES string of the molecule is Cc1noc([C@H]2C[C@@H](O)CN2C(=O)c2cc(Cl)ccc2F)n1. The number of aliphatic hydroxyl groups is 1. The van der Waals surface area contributed by atoms with Crippen molar-refractivity contribution in [1.82, 2.24) is 15.0 Å². The molecule has 1 N–H and O–H groups in total. The number of carbonyl (C=O) groups is 1. The summed E-state index contributed by atoms with van der Waals surface area (Å²) in [6.07, 6.45) is -0.473. The van der Waals surface area contributed by atoms with Crippen molar-refractivity contribution in [2.24, 2.45) is 0 Å². The van der Waals surface area contributed by atoms with E-state index in [9.17, 15) is 14.3 Å². The number of likely N-dealkylation sites (tertiary alicyclic amines) is 1. The predicted octanol–water partition coefficient (Wildman–Crippen LogP) is 2.12. The fourth-order valence-corrected chi connectivity index (χ4v) is 2.71. The summed E-state index contributed by atoms with van der Waals surface area (Å²) in [7, 11) is 0. The third-order valence-corrected chi connectivity index (χ3v) is 3.76. The number of aryl methyl sites for hydroxylation is 1. The number of amides is 1. The molecular weight excluding hydrogens is 313 g/mol. The number of rotatable bonds is 2. The zero-order valence-corrected chi connectivity index (χ0v) is 12.4. The van der Waals surface area contributed by atoms with Crippen molar-refractivity contribution in [3.05, 3.63) is 46.3 Å². The van der Waals surface area contributed by atoms with Gasteiger partial charge in [0, 0.05) is 18.0 Å². The molecule has 0 unspecified atom stereocenters. The van der Waals surface area contributed by atoms with Gasteiger partial charge < -0.3 is 14.5 Å². The van der Waals surface area contributed by atoms with Gasteiger partial charge >= 0.3 is 0 Å². The van der Waals surface area contributed by atoms with E-state index in [4.69, 9.17) is 16.1 Å². The summed E-state index contributed by atoms with van der Waals surface area (Å²) in [5, 5.41) is 13.8. The zero-order valence-electron chi connectivity index (χ0n) is 11.7. The highest BCUT2D eigenvalue weighted by Gasteiger charge is 2.39. The number of hydrogen-bond donors (Lipinski definition) is 1. The summed E-state index contributed by atoms with van der Waals surface area (Å²) in [6, 6.07) is 3.18. The molecule has 1 aromatic carbocycles. The third kappa shape index (κ3) is 2.69. The summed E-state index contributed by atoms with van der Waals surface area (Å²) < 4.78 is 19.0. The molecule has 116 valence electrons. The molecule has 2 heterocycles. The Hall–Kier alpha value is -1.99. The lowest BCUT2D eigenvalue weighted by Crippen LogP contribution is -2.32. The van der Waals surface area contributed by atoms with E-state index in [0.717, 1.165) is 6.07 Å². The molecule has 3 rings (SSSR count). The van der Waals surface area contributed by atoms with Gasteiger partial charge in [-0.15, -0.1) is 0 Å². The van der Waals surface area contributed by atoms with Crippen LogP contribution in [0.25, 0.3) is 0 Å². The minimum atomic E-state index is -0.733. The normalized spacial score (nSPS) is 21.4. The van der Waals surface area contributed by atoms with Gasteiger partial charge in [0.15, 0.2) is 5.82 Å². The van der Waals surface area contributed by atoms with E-state index in [1.54, 1.807) is 6.92 Å². The molecule has 6 nitrogen and oxygen atoms in total. The van der Waals surface area contributed by atoms with E-state index in [-0.39, 0.29) is 29.4 Å². The van der Waals surface area contributed by atoms with Crippen molar-refractivity contribution >= 4 is 17.5 Å². The fraction of sp³-hybridized carbons (Fsp3) is 0.357. The Kier molecular flexibility index (Phi) is 3.84. The summed E-state index contributed by atoms with van der Waals surface area (Å²) in [6.45, 7) is 1.72. The molecule has 1 aliphatic heterocycles. The molecular formula is C14H13ClFN3O3. The quantitative estimate of drug-likeness (QED) is 0.915. The van der Waals surface area contributed by atoms with Gasteiger partial charge in [-0.05, 0) is 25.1 Å². The van der Waals surface area contributed by atoms with Crippen LogP contribution in [-0.4, -0.2) is 38.7 Å². The minimum Gasteiger partial charge on any atom is -0.391 e. The molecule has 1 aliphatic rings. The number of aliphatic hydroxyl groups excluding tert-OH is 1. The van der Waals surface area contributed by atoms with Gasteiger partial charge in [-0.2, -0.15) is 4.98 Å². The first-order chi connectivity index (χ1) is 10.5. The van der Waals surface area contributed by atoms with Gasteiger partial charge in [0.2, 0.25) is 5.89 Å². The van der Waals surface area contributed by atoms with Crippen LogP contribution in [0, 0.1) is 12.7 Å². The van der Waals surface area contributed by atoms with Crippen LogP contribution in [0.4, 0.5) is 4.39 Å². The highest BCUT2D eigenvalue weighted by molar-refractivity contribution is 6.31. The maximum atomic E-state index is 13.9. The van der Waals surface area contributed by atoms with Crippen molar-refractivity contribution < 1.29 is 18.8 Å². The van der Waals surface area contributed by atoms with Gasteiger partial charge in [0.05, 0.1) is 11.7 Å². The van der Waals surface area contributed by atoms with Crippen molar-refractivity contribution in [2.45, 2.75) is 25.5 Å². The number of hydrogen-bond acceptors (Lipinski definition) is 5. The Morgan fingerprint density at radius 1 is 1.55 bits per heavy atom. The van der Waals surface area contributed by atoms with Gasteiger partial charge in [-0.3, -0.25) is 4.79 Å². The lowest BCUT2D eigenvalue weighted by molar-refractivity contribution is 0.0688. The summed E-state index contributed by atoms with van der Waals surface area (Å²) in [5.41, 5.74) is -0.150. The lowest BCUT2D eigenvalue weighted by Gasteiger charge is -2.21. The molecule has 1 saturated heterocycles. The maximum Gasteiger partial charge on any atom is 0.257 e. The first-order valence-corrected chi connectivity index (χ1v) is 7.08. The second-order valence-electron chi connectivity index (χ2n) is 5.17. The molecule has 1 amide bonds. The smallest absolute Gasteiger partial charge is 0.257 e. The molecule has 2 aromatic rings. The average molecular weight is 326 g/mol.